The Morgan fingerprint density at radius 2 is 1.37 bits per heavy atom. The fourth-order valence-electron chi connectivity index (χ4n) is 7.07. The molecule has 8 rings (SSSR count). The summed E-state index contributed by atoms with van der Waals surface area (Å²) in [6.07, 6.45) is 7.95. The van der Waals surface area contributed by atoms with E-state index >= 15 is 0 Å². The minimum absolute atomic E-state index is 0.941. The number of benzene rings is 6. The molecule has 46 heavy (non-hydrogen) atoms. The maximum Gasteiger partial charge on any atom is 0.0634 e. The van der Waals surface area contributed by atoms with Crippen LogP contribution in [0.25, 0.3) is 81.6 Å². The molecule has 0 aliphatic carbocycles. The van der Waals surface area contributed by atoms with Crippen LogP contribution in [-0.4, -0.2) is 10.3 Å². The number of allylic oxidation sites excluding steroid dienone is 1. The van der Waals surface area contributed by atoms with Crippen molar-refractivity contribution in [2.75, 3.05) is 0 Å². The second-order valence-electron chi connectivity index (χ2n) is 11.6. The fraction of sp³-hybridized carbons (Fsp3) is 0.0465. The molecule has 0 saturated heterocycles. The Morgan fingerprint density at radius 1 is 0.717 bits per heavy atom. The second kappa shape index (κ2) is 11.1. The molecule has 0 unspecified atom stereocenters. The maximum atomic E-state index is 4.42. The first-order valence-corrected chi connectivity index (χ1v) is 16.4. The van der Waals surface area contributed by atoms with Crippen molar-refractivity contribution >= 4 is 81.8 Å². The molecule has 2 heterocycles. The second-order valence-corrected chi connectivity index (χ2v) is 12.6. The number of thiophene rings is 1. The van der Waals surface area contributed by atoms with Gasteiger partial charge in [-0.05, 0) is 65.4 Å². The van der Waals surface area contributed by atoms with Gasteiger partial charge in [0.05, 0.1) is 11.2 Å². The quantitative estimate of drug-likeness (QED) is 0.132. The minimum atomic E-state index is 0.941. The van der Waals surface area contributed by atoms with Gasteiger partial charge in [0, 0.05) is 59.7 Å². The van der Waals surface area contributed by atoms with Crippen molar-refractivity contribution in [3.63, 3.8) is 0 Å². The van der Waals surface area contributed by atoms with Gasteiger partial charge in [0.2, 0.25) is 0 Å². The summed E-state index contributed by atoms with van der Waals surface area (Å²) in [5.74, 6) is 0. The van der Waals surface area contributed by atoms with Crippen LogP contribution in [0.3, 0.4) is 0 Å². The molecule has 0 radical (unpaired) electrons. The number of hydrogen-bond donors (Lipinski definition) is 0. The number of nitrogens with zero attached hydrogens (tertiary/aromatic N) is 2. The molecular weight excluding hydrogens is 577 g/mol. The molecule has 8 aromatic rings. The van der Waals surface area contributed by atoms with Crippen molar-refractivity contribution in [3.8, 4) is 16.8 Å². The van der Waals surface area contributed by atoms with Gasteiger partial charge in [0.1, 0.15) is 0 Å². The van der Waals surface area contributed by atoms with Crippen LogP contribution in [0.2, 0.25) is 0 Å². The molecule has 2 aromatic heterocycles. The summed E-state index contributed by atoms with van der Waals surface area (Å²) in [6.45, 7) is 12.2. The van der Waals surface area contributed by atoms with Crippen LogP contribution < -0.4 is 0 Å². The molecule has 2 nitrogen and oxygen atoms in total. The van der Waals surface area contributed by atoms with Crippen LogP contribution >= 0.6 is 11.3 Å². The van der Waals surface area contributed by atoms with Crippen LogP contribution in [-0.2, 0) is 0 Å². The molecule has 0 bridgehead atoms. The summed E-state index contributed by atoms with van der Waals surface area (Å²) in [5.41, 5.74) is 9.02. The highest BCUT2D eigenvalue weighted by Crippen LogP contribution is 2.51. The van der Waals surface area contributed by atoms with Crippen LogP contribution in [0.4, 0.5) is 0 Å². The topological polar surface area (TPSA) is 17.3 Å². The largest absolute Gasteiger partial charge is 0.309 e. The smallest absolute Gasteiger partial charge is 0.0634 e. The fourth-order valence-corrected chi connectivity index (χ4v) is 8.47. The number of fused-ring (bicyclic) bond motifs is 10. The van der Waals surface area contributed by atoms with E-state index in [9.17, 15) is 0 Å². The molecule has 0 amide bonds. The summed E-state index contributed by atoms with van der Waals surface area (Å²) in [6, 6.07) is 39.7. The lowest BCUT2D eigenvalue weighted by atomic mass is 9.94. The normalized spacial score (nSPS) is 12.3. The van der Waals surface area contributed by atoms with Crippen LogP contribution in [0.1, 0.15) is 30.7 Å². The van der Waals surface area contributed by atoms with Gasteiger partial charge in [-0.15, -0.1) is 11.3 Å². The molecule has 0 fully saturated rings. The number of aliphatic imine (C=N–C) groups is 1. The van der Waals surface area contributed by atoms with Crippen molar-refractivity contribution in [2.45, 2.75) is 13.8 Å². The summed E-state index contributed by atoms with van der Waals surface area (Å²) in [4.78, 5) is 4.42. The molecule has 220 valence electrons. The minimum Gasteiger partial charge on any atom is -0.309 e. The van der Waals surface area contributed by atoms with E-state index in [1.807, 2.05) is 24.3 Å². The van der Waals surface area contributed by atoms with Gasteiger partial charge in [0.25, 0.3) is 0 Å². The van der Waals surface area contributed by atoms with E-state index in [1.165, 1.54) is 63.7 Å². The molecule has 0 N–H and O–H groups in total. The zero-order valence-corrected chi connectivity index (χ0v) is 26.7. The Bertz CT molecular complexity index is 2560. The number of aromatic nitrogens is 1. The van der Waals surface area contributed by atoms with E-state index in [4.69, 9.17) is 0 Å². The van der Waals surface area contributed by atoms with E-state index < -0.39 is 0 Å². The number of hydrogen-bond acceptors (Lipinski definition) is 2. The highest BCUT2D eigenvalue weighted by Gasteiger charge is 2.25. The predicted molar refractivity (Wildman–Crippen MR) is 204 cm³/mol. The monoisotopic (exact) mass is 608 g/mol. The average molecular weight is 609 g/mol. The van der Waals surface area contributed by atoms with Crippen LogP contribution in [0.5, 0.6) is 0 Å². The summed E-state index contributed by atoms with van der Waals surface area (Å²) in [5, 5.41) is 8.93. The van der Waals surface area contributed by atoms with Crippen LogP contribution in [0, 0.1) is 0 Å². The molecule has 6 aromatic carbocycles. The van der Waals surface area contributed by atoms with E-state index in [1.54, 1.807) is 6.20 Å². The van der Waals surface area contributed by atoms with Crippen molar-refractivity contribution in [3.05, 3.63) is 151 Å². The van der Waals surface area contributed by atoms with Crippen molar-refractivity contribution in [1.29, 1.82) is 0 Å². The average Bonchev–Trinajstić information content (AvgIpc) is 3.65. The Balaban J connectivity index is 1.64. The third-order valence-corrected chi connectivity index (χ3v) is 10.3. The highest BCUT2D eigenvalue weighted by atomic mass is 32.1. The van der Waals surface area contributed by atoms with Gasteiger partial charge in [-0.25, -0.2) is 0 Å². The van der Waals surface area contributed by atoms with Crippen molar-refractivity contribution in [2.24, 2.45) is 4.99 Å². The first-order valence-electron chi connectivity index (χ1n) is 15.6. The zero-order valence-electron chi connectivity index (χ0n) is 25.9. The zero-order chi connectivity index (χ0) is 31.4. The molecular formula is C43H32N2S. The highest BCUT2D eigenvalue weighted by molar-refractivity contribution is 7.27. The summed E-state index contributed by atoms with van der Waals surface area (Å²) in [7, 11) is 0. The maximum absolute atomic E-state index is 4.42. The van der Waals surface area contributed by atoms with E-state index in [2.05, 4.69) is 151 Å². The summed E-state index contributed by atoms with van der Waals surface area (Å²) >= 11 is 1.91. The Kier molecular flexibility index (Phi) is 6.78. The molecule has 0 spiro atoms. The third kappa shape index (κ3) is 4.13. The third-order valence-electron chi connectivity index (χ3n) is 9.06. The van der Waals surface area contributed by atoms with E-state index in [0.717, 1.165) is 28.2 Å². The number of rotatable bonds is 6. The van der Waals surface area contributed by atoms with Gasteiger partial charge in [-0.1, -0.05) is 116 Å². The molecule has 0 saturated carbocycles. The first-order chi connectivity index (χ1) is 22.6. The Morgan fingerprint density at radius 3 is 2.04 bits per heavy atom. The molecule has 0 aliphatic heterocycles. The Labute approximate surface area is 272 Å². The van der Waals surface area contributed by atoms with Gasteiger partial charge in [0.15, 0.2) is 0 Å². The lowest BCUT2D eigenvalue weighted by Crippen LogP contribution is -2.00. The van der Waals surface area contributed by atoms with Gasteiger partial charge in [-0.3, -0.25) is 4.99 Å². The van der Waals surface area contributed by atoms with E-state index in [-0.39, 0.29) is 0 Å². The Hall–Kier alpha value is -5.51. The molecule has 3 heteroatoms. The SMILES string of the molecule is C=CN=C(C)c1ccc(-n2c(/C=C\C)c(C=C)c3cc(-c4ccccc4)c4sc5c6ccccc6c6ccccc6c5c4c32)cc1. The van der Waals surface area contributed by atoms with Crippen LogP contribution in [0.15, 0.2) is 140 Å². The van der Waals surface area contributed by atoms with Crippen molar-refractivity contribution < 1.29 is 0 Å². The van der Waals surface area contributed by atoms with Crippen molar-refractivity contribution in [1.82, 2.24) is 4.57 Å². The standard InChI is InChI=1S/C43H32N2S/c1-5-15-38-31(6-2)37-26-36(29-16-9-8-10-17-29)43-40(41(37)45(38)30-24-22-28(23-25-30)27(4)44-7-3)39-34-20-13-11-18-32(34)33-19-12-14-21-35(33)42(39)46-43/h5-26H,2-3H2,1,4H3/b15-5-,44-27?. The lowest BCUT2D eigenvalue weighted by molar-refractivity contribution is 1.11. The summed E-state index contributed by atoms with van der Waals surface area (Å²) < 4.78 is 5.05. The lowest BCUT2D eigenvalue weighted by Gasteiger charge is -2.13. The van der Waals surface area contributed by atoms with E-state index in [0.29, 0.717) is 0 Å². The van der Waals surface area contributed by atoms with Gasteiger partial charge in [-0.2, -0.15) is 0 Å². The first kappa shape index (κ1) is 28.0. The predicted octanol–water partition coefficient (Wildman–Crippen LogP) is 12.6. The van der Waals surface area contributed by atoms with Gasteiger partial charge < -0.3 is 4.57 Å². The molecule has 0 atom stereocenters. The molecule has 0 aliphatic rings. The van der Waals surface area contributed by atoms with Gasteiger partial charge >= 0.3 is 0 Å².